The van der Waals surface area contributed by atoms with E-state index in [1.165, 1.54) is 5.06 Å². The molecule has 9 nitrogen and oxygen atoms in total. The zero-order valence-corrected chi connectivity index (χ0v) is 22.1. The first-order chi connectivity index (χ1) is 17.6. The van der Waals surface area contributed by atoms with Gasteiger partial charge in [-0.2, -0.15) is 22.9 Å². The summed E-state index contributed by atoms with van der Waals surface area (Å²) in [4.78, 5) is 12.9. The molecule has 0 saturated carbocycles. The lowest BCUT2D eigenvalue weighted by molar-refractivity contribution is -0.129. The van der Waals surface area contributed by atoms with Crippen LogP contribution in [0.4, 0.5) is 5.82 Å². The van der Waals surface area contributed by atoms with E-state index in [1.807, 2.05) is 55.5 Å². The van der Waals surface area contributed by atoms with E-state index in [0.717, 1.165) is 39.8 Å². The van der Waals surface area contributed by atoms with E-state index in [1.54, 1.807) is 10.7 Å². The van der Waals surface area contributed by atoms with Crippen molar-refractivity contribution in [3.05, 3.63) is 70.9 Å². The zero-order chi connectivity index (χ0) is 26.2. The summed E-state index contributed by atoms with van der Waals surface area (Å²) in [7, 11) is -3.64. The van der Waals surface area contributed by atoms with Gasteiger partial charge in [0, 0.05) is 46.4 Å². The molecule has 2 aromatic carbocycles. The molecule has 1 atom stereocenters. The number of hydroxylamine groups is 2. The normalized spacial score (nSPS) is 16.8. The van der Waals surface area contributed by atoms with E-state index >= 15 is 0 Å². The monoisotopic (exact) mass is 542 g/mol. The van der Waals surface area contributed by atoms with E-state index in [0.29, 0.717) is 36.8 Å². The van der Waals surface area contributed by atoms with Crippen molar-refractivity contribution >= 4 is 44.4 Å². The van der Waals surface area contributed by atoms with Crippen LogP contribution in [0.25, 0.3) is 22.3 Å². The Hall–Kier alpha value is -3.18. The van der Waals surface area contributed by atoms with Gasteiger partial charge in [0.1, 0.15) is 11.3 Å². The highest BCUT2D eigenvalue weighted by molar-refractivity contribution is 7.85. The summed E-state index contributed by atoms with van der Waals surface area (Å²) in [5.74, 6) is 0.542. The highest BCUT2D eigenvalue weighted by Crippen LogP contribution is 2.33. The molecule has 11 heteroatoms. The fraction of sp³-hybridized carbons (Fsp3) is 0.308. The maximum Gasteiger partial charge on any atom is 0.280 e. The lowest BCUT2D eigenvalue weighted by atomic mass is 9.98. The number of anilines is 1. The van der Waals surface area contributed by atoms with Crippen LogP contribution < -0.4 is 5.32 Å². The molecule has 0 aliphatic carbocycles. The fourth-order valence-electron chi connectivity index (χ4n) is 4.58. The number of halogens is 1. The quantitative estimate of drug-likeness (QED) is 0.356. The van der Waals surface area contributed by atoms with Crippen molar-refractivity contribution < 1.29 is 21.9 Å². The highest BCUT2D eigenvalue weighted by atomic mass is 35.5. The molecule has 194 valence electrons. The molecule has 1 N–H and O–H groups in total. The van der Waals surface area contributed by atoms with E-state index in [9.17, 15) is 13.2 Å². The second-order valence-corrected chi connectivity index (χ2v) is 11.3. The van der Waals surface area contributed by atoms with Gasteiger partial charge in [0.05, 0.1) is 18.7 Å². The minimum absolute atomic E-state index is 0.196. The number of fused-ring (bicyclic) bond motifs is 1. The van der Waals surface area contributed by atoms with Gasteiger partial charge in [0.15, 0.2) is 5.82 Å². The molecule has 4 aromatic rings. The third-order valence-corrected chi connectivity index (χ3v) is 6.96. The minimum Gasteiger partial charge on any atom is -0.456 e. The van der Waals surface area contributed by atoms with Crippen molar-refractivity contribution in [2.75, 3.05) is 24.7 Å². The van der Waals surface area contributed by atoms with Crippen LogP contribution in [0.5, 0.6) is 0 Å². The number of benzene rings is 2. The van der Waals surface area contributed by atoms with Crippen molar-refractivity contribution in [3.63, 3.8) is 0 Å². The Kier molecular flexibility index (Phi) is 7.09. The van der Waals surface area contributed by atoms with Crippen molar-refractivity contribution in [2.24, 2.45) is 5.92 Å². The molecule has 0 bridgehead atoms. The smallest absolute Gasteiger partial charge is 0.280 e. The van der Waals surface area contributed by atoms with Gasteiger partial charge in [-0.3, -0.25) is 9.48 Å². The number of hydrogen-bond acceptors (Lipinski definition) is 7. The van der Waals surface area contributed by atoms with Crippen LogP contribution in [-0.2, 0) is 25.7 Å². The summed E-state index contributed by atoms with van der Waals surface area (Å²) in [6.07, 6.45) is 2.28. The maximum absolute atomic E-state index is 12.9. The summed E-state index contributed by atoms with van der Waals surface area (Å²) < 4.78 is 35.8. The fourth-order valence-corrected chi connectivity index (χ4v) is 5.35. The SMILES string of the molecule is Cc1cc(NC(=O)[C@@H]2CCCN(OS(C)(=O)=O)C2)nn1Cc1cc(Cl)cc2cc(-c3ccccc3)oc12. The number of rotatable bonds is 7. The Morgan fingerprint density at radius 2 is 2.00 bits per heavy atom. The van der Waals surface area contributed by atoms with Crippen molar-refractivity contribution in [1.29, 1.82) is 0 Å². The van der Waals surface area contributed by atoms with Gasteiger partial charge in [-0.15, -0.1) is 0 Å². The lowest BCUT2D eigenvalue weighted by Crippen LogP contribution is -2.41. The average molecular weight is 543 g/mol. The molecule has 0 unspecified atom stereocenters. The van der Waals surface area contributed by atoms with Crippen LogP contribution in [0.2, 0.25) is 5.02 Å². The highest BCUT2D eigenvalue weighted by Gasteiger charge is 2.29. The molecule has 0 radical (unpaired) electrons. The summed E-state index contributed by atoms with van der Waals surface area (Å²) in [5.41, 5.74) is 3.43. The number of aryl methyl sites for hydroxylation is 1. The standard InChI is InChI=1S/C26H27ClN4O5S/c1-17-11-24(28-26(32)19-9-6-10-30(15-19)36-37(2,33)34)29-31(17)16-21-13-22(27)12-20-14-23(35-25(20)21)18-7-4-3-5-8-18/h3-5,7-8,11-14,19H,6,9-10,15-16H2,1-2H3,(H,28,29,32)/t19-/m1/s1. The molecular weight excluding hydrogens is 516 g/mol. The predicted molar refractivity (Wildman–Crippen MR) is 142 cm³/mol. The second kappa shape index (κ2) is 10.3. The summed E-state index contributed by atoms with van der Waals surface area (Å²) in [6.45, 7) is 2.96. The molecular formula is C26H27ClN4O5S. The lowest BCUT2D eigenvalue weighted by Gasteiger charge is -2.29. The number of furan rings is 1. The third kappa shape index (κ3) is 6.04. The summed E-state index contributed by atoms with van der Waals surface area (Å²) in [5, 5.41) is 10.3. The van der Waals surface area contributed by atoms with Crippen molar-refractivity contribution in [1.82, 2.24) is 14.8 Å². The van der Waals surface area contributed by atoms with Gasteiger partial charge >= 0.3 is 0 Å². The molecule has 1 fully saturated rings. The van der Waals surface area contributed by atoms with E-state index in [4.69, 9.17) is 20.3 Å². The second-order valence-electron chi connectivity index (χ2n) is 9.28. The first kappa shape index (κ1) is 25.5. The predicted octanol–water partition coefficient (Wildman–Crippen LogP) is 4.85. The van der Waals surface area contributed by atoms with E-state index < -0.39 is 16.0 Å². The maximum atomic E-state index is 12.9. The molecule has 2 aromatic heterocycles. The van der Waals surface area contributed by atoms with Crippen LogP contribution in [0.1, 0.15) is 24.1 Å². The molecule has 1 amide bonds. The van der Waals surface area contributed by atoms with Crippen LogP contribution in [0.15, 0.2) is 59.0 Å². The number of aromatic nitrogens is 2. The summed E-state index contributed by atoms with van der Waals surface area (Å²) in [6, 6.07) is 17.4. The van der Waals surface area contributed by atoms with Gasteiger partial charge in [0.25, 0.3) is 10.1 Å². The number of piperidine rings is 1. The molecule has 1 aliphatic rings. The Balaban J connectivity index is 1.33. The molecule has 0 spiro atoms. The first-order valence-corrected chi connectivity index (χ1v) is 14.1. The Morgan fingerprint density at radius 1 is 1.22 bits per heavy atom. The number of amides is 1. The van der Waals surface area contributed by atoms with Crippen LogP contribution in [0, 0.1) is 12.8 Å². The Bertz CT molecular complexity index is 1550. The third-order valence-electron chi connectivity index (χ3n) is 6.26. The van der Waals surface area contributed by atoms with Gasteiger partial charge in [-0.1, -0.05) is 41.9 Å². The summed E-state index contributed by atoms with van der Waals surface area (Å²) >= 11 is 6.42. The number of carbonyl (C=O) groups is 1. The molecule has 3 heterocycles. The first-order valence-electron chi connectivity index (χ1n) is 11.9. The largest absolute Gasteiger partial charge is 0.456 e. The minimum atomic E-state index is -3.64. The molecule has 5 rings (SSSR count). The van der Waals surface area contributed by atoms with Crippen LogP contribution in [-0.4, -0.2) is 48.5 Å². The topological polar surface area (TPSA) is 107 Å². The van der Waals surface area contributed by atoms with Crippen molar-refractivity contribution in [3.8, 4) is 11.3 Å². The van der Waals surface area contributed by atoms with E-state index in [-0.39, 0.29) is 12.5 Å². The Morgan fingerprint density at radius 3 is 2.76 bits per heavy atom. The Labute approximate surface area is 220 Å². The molecule has 1 aliphatic heterocycles. The van der Waals surface area contributed by atoms with Crippen molar-refractivity contribution in [2.45, 2.75) is 26.3 Å². The number of carbonyl (C=O) groups excluding carboxylic acids is 1. The number of hydrogen-bond donors (Lipinski definition) is 1. The zero-order valence-electron chi connectivity index (χ0n) is 20.5. The molecule has 37 heavy (non-hydrogen) atoms. The van der Waals surface area contributed by atoms with Gasteiger partial charge < -0.3 is 9.73 Å². The molecule has 1 saturated heterocycles. The van der Waals surface area contributed by atoms with Gasteiger partial charge in [-0.05, 0) is 38.0 Å². The number of nitrogens with one attached hydrogen (secondary N) is 1. The average Bonchev–Trinajstić information content (AvgIpc) is 3.42. The number of nitrogens with zero attached hydrogens (tertiary/aromatic N) is 3. The van der Waals surface area contributed by atoms with E-state index in [2.05, 4.69) is 10.4 Å². The van der Waals surface area contributed by atoms with Crippen LogP contribution in [0.3, 0.4) is 0 Å². The van der Waals surface area contributed by atoms with Crippen LogP contribution >= 0.6 is 11.6 Å². The van der Waals surface area contributed by atoms with Gasteiger partial charge in [-0.25, -0.2) is 0 Å². The van der Waals surface area contributed by atoms with Gasteiger partial charge in [0.2, 0.25) is 5.91 Å².